The number of ether oxygens (including phenoxy) is 2. The Balaban J connectivity index is 2.21. The van der Waals surface area contributed by atoms with Crippen LogP contribution in [0.3, 0.4) is 0 Å². The number of anilines is 1. The van der Waals surface area contributed by atoms with E-state index in [1.54, 1.807) is 25.1 Å². The number of rotatable bonds is 4. The van der Waals surface area contributed by atoms with E-state index in [2.05, 4.69) is 15.9 Å². The molecule has 0 saturated carbocycles. The van der Waals surface area contributed by atoms with Crippen LogP contribution >= 0.6 is 15.9 Å². The van der Waals surface area contributed by atoms with Crippen molar-refractivity contribution in [3.63, 3.8) is 0 Å². The van der Waals surface area contributed by atoms with Crippen LogP contribution in [-0.4, -0.2) is 12.6 Å². The molecule has 0 unspecified atom stereocenters. The summed E-state index contributed by atoms with van der Waals surface area (Å²) in [6.07, 6.45) is 0. The molecule has 0 aliphatic carbocycles. The highest BCUT2D eigenvalue weighted by Crippen LogP contribution is 2.30. The number of esters is 1. The minimum atomic E-state index is -0.393. The first-order chi connectivity index (χ1) is 10.0. The molecule has 0 amide bonds. The number of hydrogen-bond donors (Lipinski definition) is 1. The van der Waals surface area contributed by atoms with E-state index in [9.17, 15) is 4.79 Å². The molecule has 2 N–H and O–H groups in total. The van der Waals surface area contributed by atoms with Crippen LogP contribution < -0.4 is 10.5 Å². The normalized spacial score (nSPS) is 10.2. The first-order valence-electron chi connectivity index (χ1n) is 6.52. The molecule has 0 aliphatic rings. The minimum absolute atomic E-state index is 0.329. The fourth-order valence-corrected chi connectivity index (χ4v) is 2.04. The lowest BCUT2D eigenvalue weighted by Gasteiger charge is -2.11. The third-order valence-corrected chi connectivity index (χ3v) is 3.77. The quantitative estimate of drug-likeness (QED) is 0.659. The molecule has 0 saturated heterocycles. The number of carbonyl (C=O) groups is 1. The predicted octanol–water partition coefficient (Wildman–Crippen LogP) is 4.31. The van der Waals surface area contributed by atoms with Gasteiger partial charge in [0.25, 0.3) is 0 Å². The number of aryl methyl sites for hydroxylation is 1. The van der Waals surface area contributed by atoms with Gasteiger partial charge >= 0.3 is 5.97 Å². The molecule has 0 aromatic heterocycles. The van der Waals surface area contributed by atoms with Gasteiger partial charge in [0.05, 0.1) is 17.9 Å². The molecule has 0 fully saturated rings. The second kappa shape index (κ2) is 6.63. The summed E-state index contributed by atoms with van der Waals surface area (Å²) in [6, 6.07) is 10.5. The van der Waals surface area contributed by atoms with Crippen molar-refractivity contribution < 1.29 is 14.3 Å². The molecule has 2 rings (SSSR count). The highest BCUT2D eigenvalue weighted by atomic mass is 79.9. The van der Waals surface area contributed by atoms with Crippen LogP contribution in [0.15, 0.2) is 40.9 Å². The maximum absolute atomic E-state index is 11.6. The van der Waals surface area contributed by atoms with Gasteiger partial charge in [-0.25, -0.2) is 4.79 Å². The van der Waals surface area contributed by atoms with Crippen molar-refractivity contribution >= 4 is 27.6 Å². The van der Waals surface area contributed by atoms with Crippen LogP contribution in [0.4, 0.5) is 5.69 Å². The fourth-order valence-electron chi connectivity index (χ4n) is 1.79. The molecule has 0 heterocycles. The molecule has 5 heteroatoms. The summed E-state index contributed by atoms with van der Waals surface area (Å²) in [5.41, 5.74) is 7.79. The van der Waals surface area contributed by atoms with Gasteiger partial charge in [0.1, 0.15) is 11.5 Å². The summed E-state index contributed by atoms with van der Waals surface area (Å²) in [7, 11) is 0. The Morgan fingerprint density at radius 1 is 1.24 bits per heavy atom. The van der Waals surface area contributed by atoms with E-state index < -0.39 is 5.97 Å². The van der Waals surface area contributed by atoms with Gasteiger partial charge in [-0.05, 0) is 55.8 Å². The summed E-state index contributed by atoms with van der Waals surface area (Å²) >= 11 is 3.44. The fraction of sp³-hybridized carbons (Fsp3) is 0.188. The van der Waals surface area contributed by atoms with Crippen molar-refractivity contribution in [2.24, 2.45) is 0 Å². The van der Waals surface area contributed by atoms with E-state index >= 15 is 0 Å². The van der Waals surface area contributed by atoms with Crippen molar-refractivity contribution in [3.05, 3.63) is 52.0 Å². The third kappa shape index (κ3) is 3.76. The lowest BCUT2D eigenvalue weighted by atomic mass is 10.2. The predicted molar refractivity (Wildman–Crippen MR) is 85.8 cm³/mol. The van der Waals surface area contributed by atoms with E-state index in [-0.39, 0.29) is 0 Å². The van der Waals surface area contributed by atoms with Crippen LogP contribution in [0.25, 0.3) is 0 Å². The van der Waals surface area contributed by atoms with E-state index in [0.29, 0.717) is 29.4 Å². The average molecular weight is 350 g/mol. The van der Waals surface area contributed by atoms with Crippen molar-refractivity contribution in [1.82, 2.24) is 0 Å². The third-order valence-electron chi connectivity index (χ3n) is 2.88. The molecule has 0 radical (unpaired) electrons. The summed E-state index contributed by atoms with van der Waals surface area (Å²) in [5, 5.41) is 0. The number of nitrogens with two attached hydrogens (primary N) is 1. The Kier molecular flexibility index (Phi) is 4.85. The summed E-state index contributed by atoms with van der Waals surface area (Å²) in [4.78, 5) is 11.6. The van der Waals surface area contributed by atoms with E-state index in [1.165, 1.54) is 0 Å². The lowest BCUT2D eigenvalue weighted by Crippen LogP contribution is -2.05. The molecule has 0 aliphatic heterocycles. The maximum atomic E-state index is 11.6. The summed E-state index contributed by atoms with van der Waals surface area (Å²) < 4.78 is 11.7. The van der Waals surface area contributed by atoms with Gasteiger partial charge < -0.3 is 15.2 Å². The van der Waals surface area contributed by atoms with E-state index in [0.717, 1.165) is 10.0 Å². The highest BCUT2D eigenvalue weighted by Gasteiger charge is 2.10. The SMILES string of the molecule is CCOC(=O)c1ccc(Oc2ccc(Br)c(C)c2)c(N)c1. The Morgan fingerprint density at radius 2 is 2.00 bits per heavy atom. The molecule has 4 nitrogen and oxygen atoms in total. The molecule has 110 valence electrons. The van der Waals surface area contributed by atoms with Crippen LogP contribution in [0.5, 0.6) is 11.5 Å². The molecule has 2 aromatic carbocycles. The van der Waals surface area contributed by atoms with Gasteiger partial charge in [0, 0.05) is 4.47 Å². The highest BCUT2D eigenvalue weighted by molar-refractivity contribution is 9.10. The number of halogens is 1. The summed E-state index contributed by atoms with van der Waals surface area (Å²) in [5.74, 6) is 0.797. The first-order valence-corrected chi connectivity index (χ1v) is 7.31. The van der Waals surface area contributed by atoms with Gasteiger partial charge in [-0.3, -0.25) is 0 Å². The van der Waals surface area contributed by atoms with Gasteiger partial charge in [0.15, 0.2) is 0 Å². The van der Waals surface area contributed by atoms with Gasteiger partial charge in [-0.15, -0.1) is 0 Å². The summed E-state index contributed by atoms with van der Waals surface area (Å²) in [6.45, 7) is 4.06. The topological polar surface area (TPSA) is 61.5 Å². The average Bonchev–Trinajstić information content (AvgIpc) is 2.45. The number of benzene rings is 2. The molecule has 0 atom stereocenters. The zero-order chi connectivity index (χ0) is 15.4. The molecular formula is C16H16BrNO3. The number of hydrogen-bond acceptors (Lipinski definition) is 4. The van der Waals surface area contributed by atoms with Gasteiger partial charge in [-0.1, -0.05) is 15.9 Å². The molecule has 2 aromatic rings. The molecule has 0 spiro atoms. The zero-order valence-electron chi connectivity index (χ0n) is 11.9. The molecular weight excluding hydrogens is 334 g/mol. The Hall–Kier alpha value is -2.01. The monoisotopic (exact) mass is 349 g/mol. The van der Waals surface area contributed by atoms with Crippen LogP contribution in [-0.2, 0) is 4.74 Å². The largest absolute Gasteiger partial charge is 0.462 e. The Morgan fingerprint density at radius 3 is 2.62 bits per heavy atom. The second-order valence-corrected chi connectivity index (χ2v) is 5.34. The van der Waals surface area contributed by atoms with Crippen LogP contribution in [0, 0.1) is 6.92 Å². The molecule has 0 bridgehead atoms. The number of nitrogen functional groups attached to an aromatic ring is 1. The maximum Gasteiger partial charge on any atom is 0.338 e. The smallest absolute Gasteiger partial charge is 0.338 e. The van der Waals surface area contributed by atoms with E-state index in [4.69, 9.17) is 15.2 Å². The zero-order valence-corrected chi connectivity index (χ0v) is 13.4. The Bertz CT molecular complexity index is 671. The Labute approximate surface area is 132 Å². The van der Waals surface area contributed by atoms with E-state index in [1.807, 2.05) is 25.1 Å². The van der Waals surface area contributed by atoms with Crippen LogP contribution in [0.1, 0.15) is 22.8 Å². The second-order valence-electron chi connectivity index (χ2n) is 4.49. The van der Waals surface area contributed by atoms with Gasteiger partial charge in [0.2, 0.25) is 0 Å². The molecule has 21 heavy (non-hydrogen) atoms. The lowest BCUT2D eigenvalue weighted by molar-refractivity contribution is 0.0526. The standard InChI is InChI=1S/C16H16BrNO3/c1-3-20-16(19)11-4-7-15(14(18)9-11)21-12-5-6-13(17)10(2)8-12/h4-9H,3,18H2,1-2H3. The van der Waals surface area contributed by atoms with Gasteiger partial charge in [-0.2, -0.15) is 0 Å². The number of carbonyl (C=O) groups excluding carboxylic acids is 1. The van der Waals surface area contributed by atoms with Crippen molar-refractivity contribution in [3.8, 4) is 11.5 Å². The van der Waals surface area contributed by atoms with Crippen molar-refractivity contribution in [1.29, 1.82) is 0 Å². The first kappa shape index (κ1) is 15.4. The van der Waals surface area contributed by atoms with Crippen LogP contribution in [0.2, 0.25) is 0 Å². The minimum Gasteiger partial charge on any atom is -0.462 e. The van der Waals surface area contributed by atoms with Crippen molar-refractivity contribution in [2.45, 2.75) is 13.8 Å². The van der Waals surface area contributed by atoms with Crippen molar-refractivity contribution in [2.75, 3.05) is 12.3 Å².